The fraction of sp³-hybridized carbons (Fsp3) is 0.286. The van der Waals surface area contributed by atoms with Crippen LogP contribution in [0.2, 0.25) is 0 Å². The smallest absolute Gasteiger partial charge is 0.167 e. The molecule has 5 rings (SSSR count). The molecule has 0 amide bonds. The number of nitrogens with zero attached hydrogens (tertiary/aromatic N) is 4. The highest BCUT2D eigenvalue weighted by molar-refractivity contribution is 5.86. The predicted octanol–water partition coefficient (Wildman–Crippen LogP) is 4.29. The molecule has 1 aliphatic heterocycles. The van der Waals surface area contributed by atoms with Crippen molar-refractivity contribution < 1.29 is 4.74 Å². The largest absolute Gasteiger partial charge is 0.364 e. The number of hydrogen-bond donors (Lipinski definition) is 1. The second-order valence-corrected chi connectivity index (χ2v) is 6.86. The number of imidazole rings is 1. The monoisotopic (exact) mass is 359 g/mol. The second kappa shape index (κ2) is 6.96. The van der Waals surface area contributed by atoms with E-state index >= 15 is 0 Å². The summed E-state index contributed by atoms with van der Waals surface area (Å²) in [5.41, 5.74) is 2.83. The van der Waals surface area contributed by atoms with Crippen molar-refractivity contribution in [3.63, 3.8) is 0 Å². The minimum atomic E-state index is 0.0181. The van der Waals surface area contributed by atoms with Crippen molar-refractivity contribution in [1.82, 2.24) is 19.5 Å². The van der Waals surface area contributed by atoms with Crippen molar-refractivity contribution in [3.05, 3.63) is 60.7 Å². The summed E-state index contributed by atoms with van der Waals surface area (Å²) in [5, 5.41) is 5.93. The van der Waals surface area contributed by atoms with Crippen LogP contribution in [0, 0.1) is 0 Å². The Kier molecular flexibility index (Phi) is 4.18. The molecule has 27 heavy (non-hydrogen) atoms. The van der Waals surface area contributed by atoms with E-state index in [0.717, 1.165) is 36.4 Å². The molecular formula is C21H21N5O. The highest BCUT2D eigenvalue weighted by Gasteiger charge is 2.20. The summed E-state index contributed by atoms with van der Waals surface area (Å²) in [5.74, 6) is 0.752. The Morgan fingerprint density at radius 2 is 1.96 bits per heavy atom. The Morgan fingerprint density at radius 3 is 2.89 bits per heavy atom. The molecule has 0 aliphatic carbocycles. The maximum absolute atomic E-state index is 5.89. The van der Waals surface area contributed by atoms with Crippen LogP contribution in [0.25, 0.3) is 21.9 Å². The molecule has 2 aromatic heterocycles. The number of fused-ring (bicyclic) bond motifs is 2. The van der Waals surface area contributed by atoms with Crippen molar-refractivity contribution in [2.75, 3.05) is 11.9 Å². The van der Waals surface area contributed by atoms with Crippen LogP contribution in [-0.2, 0) is 11.3 Å². The van der Waals surface area contributed by atoms with Crippen molar-refractivity contribution in [2.45, 2.75) is 32.0 Å². The standard InChI is InChI=1S/C21H21N5O/c1-2-9-17-15(6-1)7-5-8-16(17)12-22-20-19-21(24-13-23-20)26(14-25-19)18-10-3-4-11-27-18/h1-2,5-9,13-14,18H,3-4,10-12H2,(H,22,23,24). The Balaban J connectivity index is 1.44. The number of ether oxygens (including phenoxy) is 1. The van der Waals surface area contributed by atoms with Gasteiger partial charge in [0.25, 0.3) is 0 Å². The topological polar surface area (TPSA) is 64.9 Å². The Bertz CT molecular complexity index is 1080. The zero-order valence-electron chi connectivity index (χ0n) is 15.0. The lowest BCUT2D eigenvalue weighted by Gasteiger charge is -2.23. The van der Waals surface area contributed by atoms with E-state index in [1.54, 1.807) is 6.33 Å². The highest BCUT2D eigenvalue weighted by Crippen LogP contribution is 2.27. The lowest BCUT2D eigenvalue weighted by Crippen LogP contribution is -2.17. The van der Waals surface area contributed by atoms with Crippen molar-refractivity contribution >= 4 is 27.8 Å². The summed E-state index contributed by atoms with van der Waals surface area (Å²) < 4.78 is 7.92. The number of hydrogen-bond acceptors (Lipinski definition) is 5. The van der Waals surface area contributed by atoms with E-state index in [1.807, 2.05) is 10.9 Å². The molecule has 4 aromatic rings. The van der Waals surface area contributed by atoms with Gasteiger partial charge in [-0.1, -0.05) is 42.5 Å². The number of benzene rings is 2. The molecule has 6 nitrogen and oxygen atoms in total. The molecular weight excluding hydrogens is 338 g/mol. The lowest BCUT2D eigenvalue weighted by molar-refractivity contribution is -0.0298. The first-order valence-corrected chi connectivity index (χ1v) is 9.40. The summed E-state index contributed by atoms with van der Waals surface area (Å²) in [4.78, 5) is 13.4. The van der Waals surface area contributed by atoms with Crippen LogP contribution in [0.3, 0.4) is 0 Å². The van der Waals surface area contributed by atoms with Gasteiger partial charge in [0.15, 0.2) is 17.0 Å². The highest BCUT2D eigenvalue weighted by atomic mass is 16.5. The molecule has 136 valence electrons. The summed E-state index contributed by atoms with van der Waals surface area (Å²) >= 11 is 0. The summed E-state index contributed by atoms with van der Waals surface area (Å²) in [6.07, 6.45) is 6.71. The van der Waals surface area contributed by atoms with Crippen LogP contribution in [0.5, 0.6) is 0 Å². The van der Waals surface area contributed by atoms with Crippen molar-refractivity contribution in [1.29, 1.82) is 0 Å². The molecule has 1 unspecified atom stereocenters. The van der Waals surface area contributed by atoms with Gasteiger partial charge in [-0.15, -0.1) is 0 Å². The van der Waals surface area contributed by atoms with Gasteiger partial charge in [0, 0.05) is 13.2 Å². The zero-order chi connectivity index (χ0) is 18.1. The number of aromatic nitrogens is 4. The molecule has 0 spiro atoms. The Labute approximate surface area is 157 Å². The lowest BCUT2D eigenvalue weighted by atomic mass is 10.0. The third kappa shape index (κ3) is 3.02. The zero-order valence-corrected chi connectivity index (χ0v) is 15.0. The van der Waals surface area contributed by atoms with Gasteiger partial charge in [-0.25, -0.2) is 15.0 Å². The number of rotatable bonds is 4. The first kappa shape index (κ1) is 16.2. The van der Waals surface area contributed by atoms with Gasteiger partial charge in [0.2, 0.25) is 0 Å². The molecule has 1 fully saturated rings. The van der Waals surface area contributed by atoms with Crippen LogP contribution >= 0.6 is 0 Å². The van der Waals surface area contributed by atoms with Gasteiger partial charge >= 0.3 is 0 Å². The van der Waals surface area contributed by atoms with E-state index in [1.165, 1.54) is 22.8 Å². The Morgan fingerprint density at radius 1 is 1.04 bits per heavy atom. The third-order valence-corrected chi connectivity index (χ3v) is 5.15. The summed E-state index contributed by atoms with van der Waals surface area (Å²) in [7, 11) is 0. The normalized spacial score (nSPS) is 17.4. The summed E-state index contributed by atoms with van der Waals surface area (Å²) in [6.45, 7) is 1.47. The van der Waals surface area contributed by atoms with Gasteiger partial charge in [-0.2, -0.15) is 0 Å². The predicted molar refractivity (Wildman–Crippen MR) is 105 cm³/mol. The molecule has 0 bridgehead atoms. The minimum absolute atomic E-state index is 0.0181. The number of anilines is 1. The molecule has 1 saturated heterocycles. The van der Waals surface area contributed by atoms with Gasteiger partial charge in [-0.05, 0) is 35.6 Å². The van der Waals surface area contributed by atoms with Gasteiger partial charge < -0.3 is 10.1 Å². The molecule has 1 aliphatic rings. The van der Waals surface area contributed by atoms with Crippen LogP contribution in [0.15, 0.2) is 55.1 Å². The molecule has 0 saturated carbocycles. The third-order valence-electron chi connectivity index (χ3n) is 5.15. The first-order valence-electron chi connectivity index (χ1n) is 9.40. The van der Waals surface area contributed by atoms with Crippen molar-refractivity contribution in [3.8, 4) is 0 Å². The van der Waals surface area contributed by atoms with Crippen LogP contribution in [-0.4, -0.2) is 26.1 Å². The van der Waals surface area contributed by atoms with E-state index in [-0.39, 0.29) is 6.23 Å². The molecule has 1 atom stereocenters. The van der Waals surface area contributed by atoms with E-state index in [9.17, 15) is 0 Å². The molecule has 3 heterocycles. The van der Waals surface area contributed by atoms with Gasteiger partial charge in [-0.3, -0.25) is 4.57 Å². The molecule has 6 heteroatoms. The van der Waals surface area contributed by atoms with E-state index < -0.39 is 0 Å². The fourth-order valence-corrected chi connectivity index (χ4v) is 3.76. The van der Waals surface area contributed by atoms with Crippen molar-refractivity contribution in [2.24, 2.45) is 0 Å². The van der Waals surface area contributed by atoms with E-state index in [0.29, 0.717) is 6.54 Å². The molecule has 0 radical (unpaired) electrons. The van der Waals surface area contributed by atoms with Crippen LogP contribution in [0.4, 0.5) is 5.82 Å². The average Bonchev–Trinajstić information content (AvgIpc) is 3.17. The number of nitrogens with one attached hydrogen (secondary N) is 1. The van der Waals surface area contributed by atoms with Gasteiger partial charge in [0.1, 0.15) is 12.6 Å². The maximum atomic E-state index is 5.89. The first-order chi connectivity index (χ1) is 13.4. The maximum Gasteiger partial charge on any atom is 0.167 e. The molecule has 2 aromatic carbocycles. The van der Waals surface area contributed by atoms with E-state index in [4.69, 9.17) is 4.74 Å². The summed E-state index contributed by atoms with van der Waals surface area (Å²) in [6, 6.07) is 14.8. The second-order valence-electron chi connectivity index (χ2n) is 6.86. The Hall–Kier alpha value is -2.99. The van der Waals surface area contributed by atoms with Gasteiger partial charge in [0.05, 0.1) is 6.33 Å². The SMILES string of the molecule is c1ccc2c(CNc3ncnc4c3ncn4C3CCCCO3)cccc2c1. The van der Waals surface area contributed by atoms with Crippen LogP contribution < -0.4 is 5.32 Å². The molecule has 1 N–H and O–H groups in total. The van der Waals surface area contributed by atoms with Crippen LogP contribution in [0.1, 0.15) is 31.1 Å². The average molecular weight is 359 g/mol. The minimum Gasteiger partial charge on any atom is -0.364 e. The van der Waals surface area contributed by atoms with E-state index in [2.05, 4.69) is 62.7 Å². The fourth-order valence-electron chi connectivity index (χ4n) is 3.76. The quantitative estimate of drug-likeness (QED) is 0.589.